The molecular formula is C26H30N2O8. The highest BCUT2D eigenvalue weighted by Crippen LogP contribution is 2.29. The normalized spacial score (nSPS) is 14.8. The van der Waals surface area contributed by atoms with Gasteiger partial charge in [-0.2, -0.15) is 0 Å². The average Bonchev–Trinajstić information content (AvgIpc) is 3.29. The molecule has 0 aromatic heterocycles. The fourth-order valence-corrected chi connectivity index (χ4v) is 3.63. The highest BCUT2D eigenvalue weighted by Gasteiger charge is 2.36. The highest BCUT2D eigenvalue weighted by atomic mass is 16.5. The number of unbranched alkanes of at least 4 members (excludes halogenated alkanes) is 1. The van der Waals surface area contributed by atoms with E-state index >= 15 is 0 Å². The van der Waals surface area contributed by atoms with Gasteiger partial charge in [0.15, 0.2) is 6.61 Å². The second-order valence-corrected chi connectivity index (χ2v) is 8.16. The number of carbonyl (C=O) groups is 4. The lowest BCUT2D eigenvalue weighted by atomic mass is 10.1. The van der Waals surface area contributed by atoms with E-state index in [4.69, 9.17) is 18.9 Å². The van der Waals surface area contributed by atoms with E-state index in [9.17, 15) is 19.2 Å². The van der Waals surface area contributed by atoms with Crippen LogP contribution in [0.25, 0.3) is 0 Å². The maximum atomic E-state index is 12.5. The smallest absolute Gasteiger partial charge is 0.338 e. The van der Waals surface area contributed by atoms with Crippen molar-refractivity contribution in [1.29, 1.82) is 0 Å². The Hall–Kier alpha value is -4.08. The molecule has 1 saturated heterocycles. The number of rotatable bonds is 11. The molecular weight excluding hydrogens is 468 g/mol. The summed E-state index contributed by atoms with van der Waals surface area (Å²) in [7, 11) is 2.97. The van der Waals surface area contributed by atoms with E-state index in [1.54, 1.807) is 42.5 Å². The molecule has 1 N–H and O–H groups in total. The van der Waals surface area contributed by atoms with E-state index in [-0.39, 0.29) is 18.9 Å². The lowest BCUT2D eigenvalue weighted by Gasteiger charge is -2.17. The number of methoxy groups -OCH3 is 2. The molecule has 1 heterocycles. The summed E-state index contributed by atoms with van der Waals surface area (Å²) in [6, 6.07) is 11.3. The highest BCUT2D eigenvalue weighted by molar-refractivity contribution is 6.00. The zero-order valence-electron chi connectivity index (χ0n) is 20.6. The minimum Gasteiger partial charge on any atom is -0.497 e. The molecule has 3 rings (SSSR count). The quantitative estimate of drug-likeness (QED) is 0.370. The van der Waals surface area contributed by atoms with Gasteiger partial charge in [0.05, 0.1) is 38.0 Å². The van der Waals surface area contributed by atoms with Crippen LogP contribution in [0.3, 0.4) is 0 Å². The van der Waals surface area contributed by atoms with Crippen LogP contribution in [0.4, 0.5) is 11.4 Å². The predicted octanol–water partition coefficient (Wildman–Crippen LogP) is 3.20. The Kier molecular flexibility index (Phi) is 9.26. The van der Waals surface area contributed by atoms with Gasteiger partial charge in [0, 0.05) is 24.7 Å². The first kappa shape index (κ1) is 26.5. The summed E-state index contributed by atoms with van der Waals surface area (Å²) in [4.78, 5) is 50.8. The number of anilines is 2. The molecule has 2 aromatic carbocycles. The zero-order chi connectivity index (χ0) is 26.1. The molecule has 10 nitrogen and oxygen atoms in total. The summed E-state index contributed by atoms with van der Waals surface area (Å²) >= 11 is 0. The van der Waals surface area contributed by atoms with Gasteiger partial charge in [-0.05, 0) is 42.8 Å². The number of amides is 2. The number of nitrogens with zero attached hydrogens (tertiary/aromatic N) is 1. The number of hydrogen-bond donors (Lipinski definition) is 1. The van der Waals surface area contributed by atoms with Crippen molar-refractivity contribution in [3.63, 3.8) is 0 Å². The summed E-state index contributed by atoms with van der Waals surface area (Å²) in [5.41, 5.74) is 1.35. The van der Waals surface area contributed by atoms with Gasteiger partial charge in [0.2, 0.25) is 5.91 Å². The Morgan fingerprint density at radius 1 is 1.03 bits per heavy atom. The summed E-state index contributed by atoms with van der Waals surface area (Å²) in [6.07, 6.45) is 1.68. The Morgan fingerprint density at radius 2 is 1.78 bits per heavy atom. The molecule has 1 aliphatic heterocycles. The Labute approximate surface area is 209 Å². The SMILES string of the molecule is CCCCOC(=O)c1ccc(N2C[C@H](C(=O)OCC(=O)Nc3ccc(OC)cc3OC)CC2=O)cc1. The van der Waals surface area contributed by atoms with Gasteiger partial charge >= 0.3 is 11.9 Å². The van der Waals surface area contributed by atoms with Crippen LogP contribution in [0, 0.1) is 5.92 Å². The van der Waals surface area contributed by atoms with Crippen LogP contribution in [0.1, 0.15) is 36.5 Å². The lowest BCUT2D eigenvalue weighted by Crippen LogP contribution is -2.28. The third kappa shape index (κ3) is 6.74. The molecule has 1 aliphatic rings. The first-order chi connectivity index (χ1) is 17.4. The van der Waals surface area contributed by atoms with Gasteiger partial charge in [-0.1, -0.05) is 13.3 Å². The van der Waals surface area contributed by atoms with Crippen molar-refractivity contribution >= 4 is 35.1 Å². The van der Waals surface area contributed by atoms with Gasteiger partial charge in [0.1, 0.15) is 11.5 Å². The van der Waals surface area contributed by atoms with Crippen LogP contribution in [-0.2, 0) is 23.9 Å². The van der Waals surface area contributed by atoms with Crippen LogP contribution in [0.15, 0.2) is 42.5 Å². The molecule has 0 aliphatic carbocycles. The van der Waals surface area contributed by atoms with Crippen molar-refractivity contribution in [2.75, 3.05) is 44.2 Å². The zero-order valence-corrected chi connectivity index (χ0v) is 20.6. The number of benzene rings is 2. The Balaban J connectivity index is 1.51. The van der Waals surface area contributed by atoms with Crippen molar-refractivity contribution in [3.8, 4) is 11.5 Å². The first-order valence-corrected chi connectivity index (χ1v) is 11.6. The van der Waals surface area contributed by atoms with Gasteiger partial charge in [-0.3, -0.25) is 14.4 Å². The van der Waals surface area contributed by atoms with E-state index in [2.05, 4.69) is 5.32 Å². The number of ether oxygens (including phenoxy) is 4. The molecule has 10 heteroatoms. The molecule has 0 spiro atoms. The molecule has 2 aromatic rings. The fourth-order valence-electron chi connectivity index (χ4n) is 3.63. The monoisotopic (exact) mass is 498 g/mol. The largest absolute Gasteiger partial charge is 0.497 e. The van der Waals surface area contributed by atoms with E-state index in [1.165, 1.54) is 19.1 Å². The van der Waals surface area contributed by atoms with Crippen LogP contribution < -0.4 is 19.7 Å². The molecule has 36 heavy (non-hydrogen) atoms. The number of carbonyl (C=O) groups excluding carboxylic acids is 4. The predicted molar refractivity (Wildman–Crippen MR) is 131 cm³/mol. The second kappa shape index (κ2) is 12.6. The first-order valence-electron chi connectivity index (χ1n) is 11.6. The molecule has 0 radical (unpaired) electrons. The van der Waals surface area contributed by atoms with Crippen molar-refractivity contribution in [2.45, 2.75) is 26.2 Å². The van der Waals surface area contributed by atoms with Gasteiger partial charge < -0.3 is 29.2 Å². The van der Waals surface area contributed by atoms with Crippen molar-refractivity contribution < 1.29 is 38.1 Å². The van der Waals surface area contributed by atoms with E-state index in [0.29, 0.717) is 35.0 Å². The fraction of sp³-hybridized carbons (Fsp3) is 0.385. The Bertz CT molecular complexity index is 1100. The van der Waals surface area contributed by atoms with Crippen LogP contribution in [0.2, 0.25) is 0 Å². The minimum atomic E-state index is -0.709. The number of esters is 2. The molecule has 2 amide bonds. The van der Waals surface area contributed by atoms with Crippen LogP contribution >= 0.6 is 0 Å². The van der Waals surface area contributed by atoms with E-state index in [1.807, 2.05) is 6.92 Å². The summed E-state index contributed by atoms with van der Waals surface area (Å²) in [5, 5.41) is 2.62. The Morgan fingerprint density at radius 3 is 2.44 bits per heavy atom. The number of nitrogens with one attached hydrogen (secondary N) is 1. The maximum Gasteiger partial charge on any atom is 0.338 e. The van der Waals surface area contributed by atoms with E-state index in [0.717, 1.165) is 12.8 Å². The van der Waals surface area contributed by atoms with Crippen LogP contribution in [-0.4, -0.2) is 57.7 Å². The summed E-state index contributed by atoms with van der Waals surface area (Å²) < 4.78 is 20.7. The topological polar surface area (TPSA) is 120 Å². The average molecular weight is 499 g/mol. The van der Waals surface area contributed by atoms with Gasteiger partial charge in [0.25, 0.3) is 5.91 Å². The number of hydrogen-bond acceptors (Lipinski definition) is 8. The molecule has 1 atom stereocenters. The molecule has 0 bridgehead atoms. The maximum absolute atomic E-state index is 12.5. The summed E-state index contributed by atoms with van der Waals surface area (Å²) in [6.45, 7) is 1.98. The van der Waals surface area contributed by atoms with Crippen LogP contribution in [0.5, 0.6) is 11.5 Å². The van der Waals surface area contributed by atoms with Crippen molar-refractivity contribution in [3.05, 3.63) is 48.0 Å². The standard InChI is InChI=1S/C26H30N2O8/c1-4-5-12-35-25(31)17-6-8-19(9-7-17)28-15-18(13-24(28)30)26(32)36-16-23(29)27-21-11-10-20(33-2)14-22(21)34-3/h6-11,14,18H,4-5,12-13,15-16H2,1-3H3,(H,27,29)/t18-/m1/s1. The lowest BCUT2D eigenvalue weighted by molar-refractivity contribution is -0.151. The third-order valence-electron chi connectivity index (χ3n) is 5.63. The third-order valence-corrected chi connectivity index (χ3v) is 5.63. The van der Waals surface area contributed by atoms with E-state index < -0.39 is 30.4 Å². The molecule has 1 fully saturated rings. The van der Waals surface area contributed by atoms with Crippen molar-refractivity contribution in [2.24, 2.45) is 5.92 Å². The summed E-state index contributed by atoms with van der Waals surface area (Å²) in [5.74, 6) is -1.61. The molecule has 192 valence electrons. The van der Waals surface area contributed by atoms with Gasteiger partial charge in [-0.25, -0.2) is 4.79 Å². The van der Waals surface area contributed by atoms with Gasteiger partial charge in [-0.15, -0.1) is 0 Å². The second-order valence-electron chi connectivity index (χ2n) is 8.16. The molecule has 0 unspecified atom stereocenters. The molecule has 0 saturated carbocycles. The minimum absolute atomic E-state index is 0.0342. The van der Waals surface area contributed by atoms with Crippen molar-refractivity contribution in [1.82, 2.24) is 0 Å².